The minimum atomic E-state index is 0.112. The average Bonchev–Trinajstić information content (AvgIpc) is 3.22. The van der Waals surface area contributed by atoms with Crippen LogP contribution in [-0.2, 0) is 4.79 Å². The first-order valence-corrected chi connectivity index (χ1v) is 10.2. The molecule has 1 aromatic heterocycles. The summed E-state index contributed by atoms with van der Waals surface area (Å²) < 4.78 is 0. The van der Waals surface area contributed by atoms with Crippen molar-refractivity contribution < 1.29 is 4.79 Å². The minimum absolute atomic E-state index is 0.112. The number of aromatic nitrogens is 2. The van der Waals surface area contributed by atoms with E-state index >= 15 is 0 Å². The Morgan fingerprint density at radius 2 is 2.12 bits per heavy atom. The van der Waals surface area contributed by atoms with Crippen LogP contribution in [0.2, 0.25) is 0 Å². The third kappa shape index (κ3) is 3.52. The number of aryl methyl sites for hydroxylation is 1. The fraction of sp³-hybridized carbons (Fsp3) is 0.550. The molecule has 1 N–H and O–H groups in total. The molecule has 0 aliphatic heterocycles. The van der Waals surface area contributed by atoms with E-state index in [-0.39, 0.29) is 11.9 Å². The van der Waals surface area contributed by atoms with E-state index in [1.54, 1.807) is 0 Å². The molecule has 2 aliphatic carbocycles. The van der Waals surface area contributed by atoms with Gasteiger partial charge in [-0.2, -0.15) is 0 Å². The zero-order chi connectivity index (χ0) is 17.4. The highest BCUT2D eigenvalue weighted by molar-refractivity contribution is 8.00. The van der Waals surface area contributed by atoms with Gasteiger partial charge >= 0.3 is 0 Å². The first-order chi connectivity index (χ1) is 12.1. The van der Waals surface area contributed by atoms with Gasteiger partial charge in [-0.1, -0.05) is 36.4 Å². The van der Waals surface area contributed by atoms with Crippen LogP contribution in [0.5, 0.6) is 0 Å². The van der Waals surface area contributed by atoms with Crippen molar-refractivity contribution in [1.29, 1.82) is 0 Å². The molecule has 4 nitrogen and oxygen atoms in total. The van der Waals surface area contributed by atoms with E-state index in [4.69, 9.17) is 0 Å². The zero-order valence-corrected chi connectivity index (χ0v) is 15.7. The second-order valence-electron chi connectivity index (χ2n) is 7.58. The Kier molecular flexibility index (Phi) is 4.67. The number of amides is 1. The van der Waals surface area contributed by atoms with Crippen molar-refractivity contribution in [2.24, 2.45) is 17.8 Å². The highest BCUT2D eigenvalue weighted by Gasteiger charge is 2.42. The average molecular weight is 356 g/mol. The number of hydrogen-bond acceptors (Lipinski definition) is 4. The van der Waals surface area contributed by atoms with Crippen LogP contribution in [0.4, 0.5) is 0 Å². The van der Waals surface area contributed by atoms with Gasteiger partial charge in [-0.15, -0.1) is 0 Å². The lowest BCUT2D eigenvalue weighted by atomic mass is 9.84. The van der Waals surface area contributed by atoms with Crippen LogP contribution in [0.1, 0.15) is 38.4 Å². The van der Waals surface area contributed by atoms with E-state index in [0.29, 0.717) is 11.7 Å². The van der Waals surface area contributed by atoms with E-state index in [1.807, 2.05) is 31.2 Å². The molecule has 1 aromatic carbocycles. The van der Waals surface area contributed by atoms with Gasteiger partial charge < -0.3 is 5.32 Å². The van der Waals surface area contributed by atoms with Crippen molar-refractivity contribution in [3.05, 3.63) is 30.1 Å². The summed E-state index contributed by atoms with van der Waals surface area (Å²) in [6, 6.07) is 8.26. The fourth-order valence-corrected chi connectivity index (χ4v) is 5.59. The van der Waals surface area contributed by atoms with Crippen molar-refractivity contribution in [3.63, 3.8) is 0 Å². The largest absolute Gasteiger partial charge is 0.353 e. The number of carbonyl (C=O) groups excluding carboxylic acids is 1. The molecule has 4 atom stereocenters. The molecule has 0 radical (unpaired) electrons. The Bertz CT molecular complexity index is 794. The Morgan fingerprint density at radius 1 is 1.28 bits per heavy atom. The maximum atomic E-state index is 12.4. The molecule has 25 heavy (non-hydrogen) atoms. The molecule has 0 spiro atoms. The lowest BCUT2D eigenvalue weighted by Crippen LogP contribution is -2.40. The third-order valence-electron chi connectivity index (χ3n) is 5.84. The molecule has 4 rings (SSSR count). The van der Waals surface area contributed by atoms with Crippen molar-refractivity contribution in [2.45, 2.75) is 50.6 Å². The fourth-order valence-electron chi connectivity index (χ4n) is 4.71. The first-order valence-electron chi connectivity index (χ1n) is 9.25. The predicted octanol–water partition coefficient (Wildman–Crippen LogP) is 3.97. The molecule has 2 fully saturated rings. The molecule has 0 saturated heterocycles. The molecule has 2 aliphatic rings. The van der Waals surface area contributed by atoms with Crippen LogP contribution in [0.25, 0.3) is 10.9 Å². The second-order valence-corrected chi connectivity index (χ2v) is 8.54. The van der Waals surface area contributed by atoms with Crippen molar-refractivity contribution in [2.75, 3.05) is 5.75 Å². The Hall–Kier alpha value is -1.62. The number of nitrogens with zero attached hydrogens (tertiary/aromatic N) is 2. The summed E-state index contributed by atoms with van der Waals surface area (Å²) in [6.07, 6.45) is 5.44. The van der Waals surface area contributed by atoms with Crippen molar-refractivity contribution in [1.82, 2.24) is 15.3 Å². The summed E-state index contributed by atoms with van der Waals surface area (Å²) in [7, 11) is 0. The highest BCUT2D eigenvalue weighted by atomic mass is 32.2. The maximum absolute atomic E-state index is 12.4. The van der Waals surface area contributed by atoms with Gasteiger partial charge in [-0.25, -0.2) is 9.97 Å². The summed E-state index contributed by atoms with van der Waals surface area (Å²) in [6.45, 7) is 4.08. The quantitative estimate of drug-likeness (QED) is 0.651. The van der Waals surface area contributed by atoms with Crippen LogP contribution in [0, 0.1) is 24.7 Å². The van der Waals surface area contributed by atoms with Gasteiger partial charge in [0.25, 0.3) is 0 Å². The Labute approximate surface area is 153 Å². The molecule has 2 bridgehead atoms. The molecule has 2 aromatic rings. The molecular formula is C20H25N3OS. The van der Waals surface area contributed by atoms with Crippen LogP contribution in [-0.4, -0.2) is 27.7 Å². The van der Waals surface area contributed by atoms with Gasteiger partial charge in [0.2, 0.25) is 5.91 Å². The Morgan fingerprint density at radius 3 is 2.88 bits per heavy atom. The minimum Gasteiger partial charge on any atom is -0.353 e. The summed E-state index contributed by atoms with van der Waals surface area (Å²) in [4.78, 5) is 21.4. The third-order valence-corrected chi connectivity index (χ3v) is 6.83. The van der Waals surface area contributed by atoms with Gasteiger partial charge in [0.1, 0.15) is 10.9 Å². The SMILES string of the molecule is Cc1nc(SCC(=O)N[C@H](C)[C@@H]2C[C@H]3CC[C@H]2C3)c2ccccc2n1. The van der Waals surface area contributed by atoms with E-state index in [9.17, 15) is 4.79 Å². The highest BCUT2D eigenvalue weighted by Crippen LogP contribution is 2.49. The summed E-state index contributed by atoms with van der Waals surface area (Å²) in [5.74, 6) is 3.69. The maximum Gasteiger partial charge on any atom is 0.230 e. The lowest BCUT2D eigenvalue weighted by Gasteiger charge is -2.28. The number of carbonyl (C=O) groups is 1. The van der Waals surface area contributed by atoms with Gasteiger partial charge in [-0.3, -0.25) is 4.79 Å². The van der Waals surface area contributed by atoms with Gasteiger partial charge in [0.05, 0.1) is 11.3 Å². The standard InChI is InChI=1S/C20H25N3OS/c1-12(17-10-14-7-8-15(17)9-14)21-19(24)11-25-20-16-5-3-4-6-18(16)22-13(2)23-20/h3-6,12,14-15,17H,7-11H2,1-2H3,(H,21,24)/t12-,14+,15+,17+/m1/s1. The molecule has 0 unspecified atom stereocenters. The van der Waals surface area contributed by atoms with Crippen LogP contribution < -0.4 is 5.32 Å². The molecular weight excluding hydrogens is 330 g/mol. The molecule has 1 amide bonds. The predicted molar refractivity (Wildman–Crippen MR) is 102 cm³/mol. The van der Waals surface area contributed by atoms with E-state index in [1.165, 1.54) is 37.4 Å². The number of thioether (sulfide) groups is 1. The van der Waals surface area contributed by atoms with E-state index < -0.39 is 0 Å². The second kappa shape index (κ2) is 6.94. The lowest BCUT2D eigenvalue weighted by molar-refractivity contribution is -0.119. The number of nitrogens with one attached hydrogen (secondary N) is 1. The smallest absolute Gasteiger partial charge is 0.230 e. The topological polar surface area (TPSA) is 54.9 Å². The number of benzene rings is 1. The number of fused-ring (bicyclic) bond motifs is 3. The van der Waals surface area contributed by atoms with Crippen molar-refractivity contribution in [3.8, 4) is 0 Å². The summed E-state index contributed by atoms with van der Waals surface area (Å²) >= 11 is 1.51. The van der Waals surface area contributed by atoms with Gasteiger partial charge in [-0.05, 0) is 56.9 Å². The normalized spacial score (nSPS) is 26.1. The monoisotopic (exact) mass is 355 g/mol. The van der Waals surface area contributed by atoms with E-state index in [0.717, 1.165) is 33.6 Å². The molecule has 2 saturated carbocycles. The molecule has 5 heteroatoms. The summed E-state index contributed by atoms with van der Waals surface area (Å²) in [5, 5.41) is 5.15. The molecule has 132 valence electrons. The first kappa shape index (κ1) is 16.8. The number of para-hydroxylation sites is 1. The van der Waals surface area contributed by atoms with Gasteiger partial charge in [0, 0.05) is 11.4 Å². The van der Waals surface area contributed by atoms with E-state index in [2.05, 4.69) is 22.2 Å². The Balaban J connectivity index is 1.37. The zero-order valence-electron chi connectivity index (χ0n) is 14.9. The van der Waals surface area contributed by atoms with Crippen molar-refractivity contribution >= 4 is 28.6 Å². The number of hydrogen-bond donors (Lipinski definition) is 1. The van der Waals surface area contributed by atoms with Crippen LogP contribution in [0.15, 0.2) is 29.3 Å². The van der Waals surface area contributed by atoms with Crippen LogP contribution in [0.3, 0.4) is 0 Å². The van der Waals surface area contributed by atoms with Crippen LogP contribution >= 0.6 is 11.8 Å². The number of rotatable bonds is 5. The van der Waals surface area contributed by atoms with Gasteiger partial charge in [0.15, 0.2) is 0 Å². The molecule has 1 heterocycles. The summed E-state index contributed by atoms with van der Waals surface area (Å²) in [5.41, 5.74) is 0.938.